The molecule has 13 heavy (non-hydrogen) atoms. The third kappa shape index (κ3) is 3.73. The Hall–Kier alpha value is -0.620. The van der Waals surface area contributed by atoms with Crippen LogP contribution in [0.5, 0.6) is 0 Å². The topological polar surface area (TPSA) is 38.3 Å². The second kappa shape index (κ2) is 5.18. The van der Waals surface area contributed by atoms with Gasteiger partial charge >= 0.3 is 0 Å². The fraction of sp³-hybridized carbons (Fsp3) is 0.222. The van der Waals surface area contributed by atoms with Gasteiger partial charge in [-0.2, -0.15) is 0 Å². The van der Waals surface area contributed by atoms with Crippen LogP contribution in [0.25, 0.3) is 0 Å². The summed E-state index contributed by atoms with van der Waals surface area (Å²) in [6.45, 7) is 0.0893. The SMILES string of the molecule is COCC(=O)Nc1ccc(I)cc1. The van der Waals surface area contributed by atoms with E-state index in [-0.39, 0.29) is 12.5 Å². The van der Waals surface area contributed by atoms with E-state index in [1.54, 1.807) is 0 Å². The minimum atomic E-state index is -0.135. The number of carbonyl (C=O) groups is 1. The highest BCUT2D eigenvalue weighted by Crippen LogP contribution is 2.10. The molecule has 0 saturated heterocycles. The van der Waals surface area contributed by atoms with Crippen LogP contribution in [-0.2, 0) is 9.53 Å². The van der Waals surface area contributed by atoms with Crippen LogP contribution in [-0.4, -0.2) is 19.6 Å². The average molecular weight is 291 g/mol. The van der Waals surface area contributed by atoms with Crippen LogP contribution in [0.15, 0.2) is 24.3 Å². The minimum Gasteiger partial charge on any atom is -0.375 e. The molecular weight excluding hydrogens is 281 g/mol. The second-order valence-corrected chi connectivity index (χ2v) is 3.73. The smallest absolute Gasteiger partial charge is 0.250 e. The first-order valence-corrected chi connectivity index (χ1v) is 4.84. The summed E-state index contributed by atoms with van der Waals surface area (Å²) in [6, 6.07) is 7.58. The van der Waals surface area contributed by atoms with Crippen LogP contribution in [0.4, 0.5) is 5.69 Å². The van der Waals surface area contributed by atoms with Crippen molar-refractivity contribution in [2.45, 2.75) is 0 Å². The standard InChI is InChI=1S/C9H10INO2/c1-13-6-9(12)11-8-4-2-7(10)3-5-8/h2-5H,6H2,1H3,(H,11,12). The molecule has 70 valence electrons. The number of nitrogens with one attached hydrogen (secondary N) is 1. The molecule has 0 aliphatic carbocycles. The van der Waals surface area contributed by atoms with Gasteiger partial charge in [0.25, 0.3) is 0 Å². The molecule has 0 atom stereocenters. The van der Waals surface area contributed by atoms with Gasteiger partial charge in [-0.25, -0.2) is 0 Å². The molecule has 0 spiro atoms. The lowest BCUT2D eigenvalue weighted by Gasteiger charge is -2.03. The van der Waals surface area contributed by atoms with Gasteiger partial charge in [-0.3, -0.25) is 4.79 Å². The summed E-state index contributed by atoms with van der Waals surface area (Å²) < 4.78 is 5.83. The molecule has 0 aliphatic rings. The van der Waals surface area contributed by atoms with Crippen LogP contribution >= 0.6 is 22.6 Å². The van der Waals surface area contributed by atoms with Crippen molar-refractivity contribution in [3.8, 4) is 0 Å². The predicted octanol–water partition coefficient (Wildman–Crippen LogP) is 1.88. The van der Waals surface area contributed by atoms with E-state index in [1.807, 2.05) is 24.3 Å². The van der Waals surface area contributed by atoms with Gasteiger partial charge in [0.05, 0.1) is 0 Å². The van der Waals surface area contributed by atoms with Crippen molar-refractivity contribution in [2.24, 2.45) is 0 Å². The maximum Gasteiger partial charge on any atom is 0.250 e. The van der Waals surface area contributed by atoms with Crippen LogP contribution in [0, 0.1) is 3.57 Å². The van der Waals surface area contributed by atoms with Crippen molar-refractivity contribution < 1.29 is 9.53 Å². The lowest BCUT2D eigenvalue weighted by atomic mass is 10.3. The monoisotopic (exact) mass is 291 g/mol. The maximum absolute atomic E-state index is 11.1. The Morgan fingerprint density at radius 3 is 2.62 bits per heavy atom. The Morgan fingerprint density at radius 2 is 2.08 bits per heavy atom. The highest BCUT2D eigenvalue weighted by Gasteiger charge is 1.99. The minimum absolute atomic E-state index is 0.0893. The number of hydrogen-bond acceptors (Lipinski definition) is 2. The summed E-state index contributed by atoms with van der Waals surface area (Å²) in [6.07, 6.45) is 0. The van der Waals surface area contributed by atoms with Gasteiger partial charge in [0.2, 0.25) is 5.91 Å². The van der Waals surface area contributed by atoms with E-state index in [2.05, 4.69) is 32.6 Å². The molecule has 1 N–H and O–H groups in total. The van der Waals surface area contributed by atoms with Crippen molar-refractivity contribution in [1.29, 1.82) is 0 Å². The lowest BCUT2D eigenvalue weighted by molar-refractivity contribution is -0.119. The van der Waals surface area contributed by atoms with Gasteiger partial charge in [0.1, 0.15) is 6.61 Å². The summed E-state index contributed by atoms with van der Waals surface area (Å²) in [5.74, 6) is -0.135. The quantitative estimate of drug-likeness (QED) is 0.863. The molecule has 0 aliphatic heterocycles. The average Bonchev–Trinajstić information content (AvgIpc) is 2.09. The first-order valence-electron chi connectivity index (χ1n) is 3.76. The normalized spacial score (nSPS) is 9.69. The van der Waals surface area contributed by atoms with Crippen molar-refractivity contribution in [1.82, 2.24) is 0 Å². The number of amides is 1. The zero-order chi connectivity index (χ0) is 9.68. The number of benzene rings is 1. The molecule has 0 unspecified atom stereocenters. The van der Waals surface area contributed by atoms with Crippen LogP contribution in [0.3, 0.4) is 0 Å². The Labute approximate surface area is 90.6 Å². The molecule has 0 radical (unpaired) electrons. The van der Waals surface area contributed by atoms with Crippen molar-refractivity contribution in [3.05, 3.63) is 27.8 Å². The molecule has 0 aromatic heterocycles. The van der Waals surface area contributed by atoms with Crippen molar-refractivity contribution in [2.75, 3.05) is 19.0 Å². The third-order valence-corrected chi connectivity index (χ3v) is 2.12. The van der Waals surface area contributed by atoms with E-state index in [9.17, 15) is 4.79 Å². The summed E-state index contributed by atoms with van der Waals surface area (Å²) in [4.78, 5) is 11.1. The van der Waals surface area contributed by atoms with Crippen LogP contribution in [0.2, 0.25) is 0 Å². The molecule has 1 aromatic rings. The molecular formula is C9H10INO2. The highest BCUT2D eigenvalue weighted by molar-refractivity contribution is 14.1. The number of methoxy groups -OCH3 is 1. The second-order valence-electron chi connectivity index (χ2n) is 2.49. The number of hydrogen-bond donors (Lipinski definition) is 1. The van der Waals surface area contributed by atoms with Crippen molar-refractivity contribution >= 4 is 34.2 Å². The number of ether oxygens (including phenoxy) is 1. The fourth-order valence-corrected chi connectivity index (χ4v) is 1.22. The Bertz CT molecular complexity index is 284. The van der Waals surface area contributed by atoms with Crippen molar-refractivity contribution in [3.63, 3.8) is 0 Å². The lowest BCUT2D eigenvalue weighted by Crippen LogP contribution is -2.16. The molecule has 1 amide bonds. The largest absolute Gasteiger partial charge is 0.375 e. The van der Waals surface area contributed by atoms with E-state index < -0.39 is 0 Å². The molecule has 0 heterocycles. The molecule has 3 nitrogen and oxygen atoms in total. The van der Waals surface area contributed by atoms with Gasteiger partial charge in [-0.1, -0.05) is 0 Å². The Balaban J connectivity index is 2.54. The third-order valence-electron chi connectivity index (χ3n) is 1.40. The van der Waals surface area contributed by atoms with E-state index in [0.29, 0.717) is 0 Å². The fourth-order valence-electron chi connectivity index (χ4n) is 0.861. The van der Waals surface area contributed by atoms with E-state index in [4.69, 9.17) is 0 Å². The van der Waals surface area contributed by atoms with Gasteiger partial charge in [0.15, 0.2) is 0 Å². The molecule has 1 rings (SSSR count). The summed E-state index contributed by atoms with van der Waals surface area (Å²) in [5.41, 5.74) is 0.794. The molecule has 4 heteroatoms. The molecule has 0 saturated carbocycles. The predicted molar refractivity (Wildman–Crippen MR) is 59.7 cm³/mol. The number of anilines is 1. The van der Waals surface area contributed by atoms with E-state index in [0.717, 1.165) is 9.26 Å². The van der Waals surface area contributed by atoms with Gasteiger partial charge < -0.3 is 10.1 Å². The number of carbonyl (C=O) groups excluding carboxylic acids is 1. The van der Waals surface area contributed by atoms with E-state index >= 15 is 0 Å². The first-order chi connectivity index (χ1) is 6.22. The summed E-state index contributed by atoms with van der Waals surface area (Å²) in [7, 11) is 1.49. The summed E-state index contributed by atoms with van der Waals surface area (Å²) in [5, 5.41) is 2.70. The van der Waals surface area contributed by atoms with Gasteiger partial charge in [-0.05, 0) is 46.9 Å². The number of rotatable bonds is 3. The molecule has 0 fully saturated rings. The zero-order valence-electron chi connectivity index (χ0n) is 7.21. The highest BCUT2D eigenvalue weighted by atomic mass is 127. The Kier molecular flexibility index (Phi) is 4.17. The molecule has 1 aromatic carbocycles. The van der Waals surface area contributed by atoms with Crippen LogP contribution in [0.1, 0.15) is 0 Å². The zero-order valence-corrected chi connectivity index (χ0v) is 9.37. The van der Waals surface area contributed by atoms with E-state index in [1.165, 1.54) is 7.11 Å². The van der Waals surface area contributed by atoms with Gasteiger partial charge in [0, 0.05) is 16.4 Å². The first kappa shape index (κ1) is 10.5. The maximum atomic E-state index is 11.1. The Morgan fingerprint density at radius 1 is 1.46 bits per heavy atom. The van der Waals surface area contributed by atoms with Crippen LogP contribution < -0.4 is 5.32 Å². The van der Waals surface area contributed by atoms with Gasteiger partial charge in [-0.15, -0.1) is 0 Å². The summed E-state index contributed by atoms with van der Waals surface area (Å²) >= 11 is 2.21. The number of halogens is 1. The molecule has 0 bridgehead atoms.